The minimum Gasteiger partial charge on any atom is -0.481 e. The molecule has 1 N–H and O–H groups in total. The molecule has 4 heteroatoms. The second-order valence-corrected chi connectivity index (χ2v) is 12.4. The van der Waals surface area contributed by atoms with Crippen molar-refractivity contribution in [3.05, 3.63) is 36.5 Å². The first kappa shape index (κ1) is 41.2. The Kier molecular flexibility index (Phi) is 33.2. The number of esters is 1. The van der Waals surface area contributed by atoms with Crippen molar-refractivity contribution in [3.63, 3.8) is 0 Å². The van der Waals surface area contributed by atoms with Crippen molar-refractivity contribution >= 4 is 11.9 Å². The molecule has 0 aliphatic heterocycles. The predicted octanol–water partition coefficient (Wildman–Crippen LogP) is 12.6. The van der Waals surface area contributed by atoms with Gasteiger partial charge in [0.1, 0.15) is 6.10 Å². The molecular weight excluding hydrogens is 532 g/mol. The Morgan fingerprint density at radius 1 is 0.535 bits per heavy atom. The maximum atomic E-state index is 12.5. The lowest BCUT2D eigenvalue weighted by Gasteiger charge is -2.18. The lowest BCUT2D eigenvalue weighted by atomic mass is 10.0. The molecule has 4 nitrogen and oxygen atoms in total. The Labute approximate surface area is 267 Å². The molecule has 1 atom stereocenters. The van der Waals surface area contributed by atoms with E-state index < -0.39 is 5.97 Å². The van der Waals surface area contributed by atoms with Crippen LogP contribution in [0.3, 0.4) is 0 Å². The number of carbonyl (C=O) groups excluding carboxylic acids is 1. The number of aliphatic carboxylic acids is 1. The normalized spacial score (nSPS) is 12.6. The van der Waals surface area contributed by atoms with E-state index in [1.165, 1.54) is 109 Å². The van der Waals surface area contributed by atoms with Crippen LogP contribution in [0.2, 0.25) is 0 Å². The van der Waals surface area contributed by atoms with Gasteiger partial charge in [0.05, 0.1) is 0 Å². The molecule has 0 saturated carbocycles. The van der Waals surface area contributed by atoms with Crippen LogP contribution in [0, 0.1) is 0 Å². The van der Waals surface area contributed by atoms with Gasteiger partial charge in [-0.05, 0) is 64.2 Å². The molecular formula is C39H70O4. The van der Waals surface area contributed by atoms with Gasteiger partial charge in [-0.25, -0.2) is 0 Å². The SMILES string of the molecule is CC/C=C\C/C=C\C/C=C\CCCCCCCCCCCC(=O)OC(CCCCCCCCCCCC)CCCC(=O)O. The second kappa shape index (κ2) is 34.6. The molecule has 0 aliphatic carbocycles. The van der Waals surface area contributed by atoms with E-state index in [4.69, 9.17) is 9.84 Å². The molecule has 0 bridgehead atoms. The van der Waals surface area contributed by atoms with Gasteiger partial charge in [0, 0.05) is 12.8 Å². The van der Waals surface area contributed by atoms with E-state index in [2.05, 4.69) is 50.3 Å². The van der Waals surface area contributed by atoms with Crippen LogP contribution in [0.4, 0.5) is 0 Å². The van der Waals surface area contributed by atoms with Crippen LogP contribution in [0.25, 0.3) is 0 Å². The maximum Gasteiger partial charge on any atom is 0.306 e. The third-order valence-corrected chi connectivity index (χ3v) is 8.13. The molecule has 1 unspecified atom stereocenters. The minimum absolute atomic E-state index is 0.0957. The highest BCUT2D eigenvalue weighted by Crippen LogP contribution is 2.18. The number of carbonyl (C=O) groups is 2. The fourth-order valence-electron chi connectivity index (χ4n) is 5.44. The Hall–Kier alpha value is -1.84. The Bertz CT molecular complexity index is 693. The van der Waals surface area contributed by atoms with E-state index in [0.29, 0.717) is 19.3 Å². The average molecular weight is 603 g/mol. The number of rotatable bonds is 33. The first-order valence-electron chi connectivity index (χ1n) is 18.5. The number of carboxylic acid groups (broad SMARTS) is 1. The topological polar surface area (TPSA) is 63.6 Å². The summed E-state index contributed by atoms with van der Waals surface area (Å²) >= 11 is 0. The summed E-state index contributed by atoms with van der Waals surface area (Å²) in [4.78, 5) is 23.4. The number of ether oxygens (including phenoxy) is 1. The molecule has 0 saturated heterocycles. The highest BCUT2D eigenvalue weighted by atomic mass is 16.5. The summed E-state index contributed by atoms with van der Waals surface area (Å²) in [5, 5.41) is 8.99. The van der Waals surface area contributed by atoms with Crippen LogP contribution in [0.5, 0.6) is 0 Å². The van der Waals surface area contributed by atoms with Gasteiger partial charge in [-0.15, -0.1) is 0 Å². The van der Waals surface area contributed by atoms with Gasteiger partial charge in [-0.1, -0.05) is 153 Å². The van der Waals surface area contributed by atoms with Gasteiger partial charge in [0.2, 0.25) is 0 Å². The first-order valence-corrected chi connectivity index (χ1v) is 18.5. The van der Waals surface area contributed by atoms with E-state index in [1.54, 1.807) is 0 Å². The molecule has 43 heavy (non-hydrogen) atoms. The lowest BCUT2D eigenvalue weighted by Crippen LogP contribution is -2.18. The zero-order chi connectivity index (χ0) is 31.5. The van der Waals surface area contributed by atoms with Crippen LogP contribution in [0.1, 0.15) is 194 Å². The summed E-state index contributed by atoms with van der Waals surface area (Å²) in [5.74, 6) is -0.868. The van der Waals surface area contributed by atoms with Gasteiger partial charge in [0.25, 0.3) is 0 Å². The Morgan fingerprint density at radius 2 is 1.00 bits per heavy atom. The summed E-state index contributed by atoms with van der Waals surface area (Å²) in [6.07, 6.45) is 44.4. The van der Waals surface area contributed by atoms with Crippen molar-refractivity contribution in [2.75, 3.05) is 0 Å². The zero-order valence-electron chi connectivity index (χ0n) is 28.5. The molecule has 0 aromatic carbocycles. The third kappa shape index (κ3) is 34.5. The van der Waals surface area contributed by atoms with Gasteiger partial charge in [-0.3, -0.25) is 9.59 Å². The Balaban J connectivity index is 3.78. The smallest absolute Gasteiger partial charge is 0.306 e. The number of hydrogen-bond donors (Lipinski definition) is 1. The molecule has 0 amide bonds. The van der Waals surface area contributed by atoms with E-state index in [0.717, 1.165) is 44.9 Å². The van der Waals surface area contributed by atoms with Crippen molar-refractivity contribution in [2.45, 2.75) is 200 Å². The van der Waals surface area contributed by atoms with Crippen molar-refractivity contribution < 1.29 is 19.4 Å². The highest BCUT2D eigenvalue weighted by molar-refractivity contribution is 5.69. The van der Waals surface area contributed by atoms with Gasteiger partial charge in [-0.2, -0.15) is 0 Å². The monoisotopic (exact) mass is 603 g/mol. The molecule has 0 rings (SSSR count). The van der Waals surface area contributed by atoms with Crippen LogP contribution < -0.4 is 0 Å². The largest absolute Gasteiger partial charge is 0.481 e. The first-order chi connectivity index (χ1) is 21.1. The van der Waals surface area contributed by atoms with E-state index in [-0.39, 0.29) is 18.5 Å². The van der Waals surface area contributed by atoms with Crippen molar-refractivity contribution in [1.29, 1.82) is 0 Å². The van der Waals surface area contributed by atoms with Gasteiger partial charge >= 0.3 is 11.9 Å². The minimum atomic E-state index is -0.772. The molecule has 0 aliphatic rings. The second-order valence-electron chi connectivity index (χ2n) is 12.4. The zero-order valence-corrected chi connectivity index (χ0v) is 28.5. The summed E-state index contributed by atoms with van der Waals surface area (Å²) < 4.78 is 5.81. The summed E-state index contributed by atoms with van der Waals surface area (Å²) in [5.41, 5.74) is 0. The Morgan fingerprint density at radius 3 is 1.56 bits per heavy atom. The van der Waals surface area contributed by atoms with Crippen molar-refractivity contribution in [3.8, 4) is 0 Å². The number of unbranched alkanes of at least 4 members (excludes halogenated alkanes) is 18. The van der Waals surface area contributed by atoms with Crippen molar-refractivity contribution in [1.82, 2.24) is 0 Å². The highest BCUT2D eigenvalue weighted by Gasteiger charge is 2.15. The molecule has 0 aromatic heterocycles. The fraction of sp³-hybridized carbons (Fsp3) is 0.795. The standard InChI is InChI=1S/C39H70O4/c1-3-5-7-9-11-13-15-16-17-18-19-20-21-22-23-25-27-29-31-36-39(42)43-37(34-32-35-38(40)41)33-30-28-26-24-14-12-10-8-6-4-2/h5,7,11,13,16-17,37H,3-4,6,8-10,12,14-15,18-36H2,1-2H3,(H,40,41)/b7-5-,13-11-,17-16-. The molecule has 0 spiro atoms. The summed E-state index contributed by atoms with van der Waals surface area (Å²) in [6.45, 7) is 4.42. The summed E-state index contributed by atoms with van der Waals surface area (Å²) in [7, 11) is 0. The third-order valence-electron chi connectivity index (χ3n) is 8.13. The fourth-order valence-corrected chi connectivity index (χ4v) is 5.44. The maximum absolute atomic E-state index is 12.5. The quantitative estimate of drug-likeness (QED) is 0.0461. The predicted molar refractivity (Wildman–Crippen MR) is 186 cm³/mol. The van der Waals surface area contributed by atoms with Crippen LogP contribution in [-0.4, -0.2) is 23.1 Å². The van der Waals surface area contributed by atoms with E-state index in [1.807, 2.05) is 0 Å². The van der Waals surface area contributed by atoms with Crippen LogP contribution in [0.15, 0.2) is 36.5 Å². The van der Waals surface area contributed by atoms with Gasteiger partial charge in [0.15, 0.2) is 0 Å². The summed E-state index contributed by atoms with van der Waals surface area (Å²) in [6, 6.07) is 0. The van der Waals surface area contributed by atoms with Crippen molar-refractivity contribution in [2.24, 2.45) is 0 Å². The molecule has 250 valence electrons. The number of allylic oxidation sites excluding steroid dienone is 6. The average Bonchev–Trinajstić information content (AvgIpc) is 2.99. The van der Waals surface area contributed by atoms with E-state index in [9.17, 15) is 9.59 Å². The molecule has 0 aromatic rings. The molecule has 0 radical (unpaired) electrons. The van der Waals surface area contributed by atoms with E-state index >= 15 is 0 Å². The molecule has 0 heterocycles. The number of carboxylic acids is 1. The van der Waals surface area contributed by atoms with Crippen LogP contribution >= 0.6 is 0 Å². The molecule has 0 fully saturated rings. The lowest BCUT2D eigenvalue weighted by molar-refractivity contribution is -0.150. The van der Waals surface area contributed by atoms with Gasteiger partial charge < -0.3 is 9.84 Å². The number of hydrogen-bond acceptors (Lipinski definition) is 3. The van der Waals surface area contributed by atoms with Crippen LogP contribution in [-0.2, 0) is 14.3 Å².